The molecular weight excluding hydrogens is 219 g/mol. The van der Waals surface area contributed by atoms with E-state index >= 15 is 0 Å². The monoisotopic (exact) mass is 238 g/mol. The maximum Gasteiger partial charge on any atom is 0.254 e. The third-order valence-corrected chi connectivity index (χ3v) is 2.70. The van der Waals surface area contributed by atoms with Crippen molar-refractivity contribution in [3.8, 4) is 0 Å². The molecule has 1 atom stereocenters. The zero-order valence-electron chi connectivity index (χ0n) is 10.3. The highest BCUT2D eigenvalue weighted by molar-refractivity contribution is 5.95. The van der Waals surface area contributed by atoms with Gasteiger partial charge < -0.3 is 11.1 Å². The van der Waals surface area contributed by atoms with Gasteiger partial charge in [-0.05, 0) is 31.0 Å². The number of rotatable bonds is 5. The minimum atomic E-state index is -0.575. The fourth-order valence-corrected chi connectivity index (χ4v) is 1.71. The predicted octanol–water partition coefficient (Wildman–Crippen LogP) is 2.72. The summed E-state index contributed by atoms with van der Waals surface area (Å²) in [5.74, 6) is -0.948. The smallest absolute Gasteiger partial charge is 0.254 e. The van der Waals surface area contributed by atoms with Crippen LogP contribution in [0, 0.1) is 5.82 Å². The lowest BCUT2D eigenvalue weighted by Crippen LogP contribution is -2.34. The number of hydrogen-bond donors (Lipinski definition) is 2. The van der Waals surface area contributed by atoms with Gasteiger partial charge in [-0.1, -0.05) is 20.3 Å². The first-order valence-electron chi connectivity index (χ1n) is 5.94. The Bertz CT molecular complexity index is 393. The van der Waals surface area contributed by atoms with Crippen molar-refractivity contribution in [2.24, 2.45) is 0 Å². The highest BCUT2D eigenvalue weighted by Gasteiger charge is 2.15. The van der Waals surface area contributed by atoms with E-state index in [0.717, 1.165) is 25.3 Å². The summed E-state index contributed by atoms with van der Waals surface area (Å²) in [4.78, 5) is 11.8. The third-order valence-electron chi connectivity index (χ3n) is 2.70. The molecule has 0 aliphatic carbocycles. The first-order chi connectivity index (χ1) is 8.08. The van der Waals surface area contributed by atoms with Gasteiger partial charge in [0.05, 0.1) is 5.56 Å². The molecule has 1 amide bonds. The van der Waals surface area contributed by atoms with Crippen LogP contribution in [0.3, 0.4) is 0 Å². The van der Waals surface area contributed by atoms with E-state index in [4.69, 9.17) is 5.73 Å². The van der Waals surface area contributed by atoms with Crippen LogP contribution in [0.25, 0.3) is 0 Å². The van der Waals surface area contributed by atoms with Crippen LogP contribution in [0.2, 0.25) is 0 Å². The van der Waals surface area contributed by atoms with E-state index in [1.54, 1.807) is 0 Å². The van der Waals surface area contributed by atoms with Crippen molar-refractivity contribution < 1.29 is 9.18 Å². The van der Waals surface area contributed by atoms with Gasteiger partial charge in [0.15, 0.2) is 0 Å². The van der Waals surface area contributed by atoms with E-state index in [9.17, 15) is 9.18 Å². The van der Waals surface area contributed by atoms with Crippen LogP contribution in [0.4, 0.5) is 10.1 Å². The van der Waals surface area contributed by atoms with Crippen LogP contribution in [0.15, 0.2) is 18.2 Å². The molecule has 3 nitrogen and oxygen atoms in total. The molecule has 0 heterocycles. The molecule has 0 radical (unpaired) electrons. The minimum Gasteiger partial charge on any atom is -0.399 e. The fourth-order valence-electron chi connectivity index (χ4n) is 1.71. The third kappa shape index (κ3) is 3.73. The molecule has 1 aromatic carbocycles. The van der Waals surface area contributed by atoms with Gasteiger partial charge in [-0.3, -0.25) is 4.79 Å². The van der Waals surface area contributed by atoms with Crippen molar-refractivity contribution in [2.75, 3.05) is 5.73 Å². The molecule has 0 aliphatic rings. The molecule has 0 saturated carbocycles. The Morgan fingerprint density at radius 2 is 2.18 bits per heavy atom. The Labute approximate surface area is 101 Å². The summed E-state index contributed by atoms with van der Waals surface area (Å²) in [6.07, 6.45) is 2.73. The summed E-state index contributed by atoms with van der Waals surface area (Å²) in [5, 5.41) is 2.82. The van der Waals surface area contributed by atoms with E-state index in [1.165, 1.54) is 12.1 Å². The standard InChI is InChI=1S/C13H19FN2O/c1-3-5-10(4-2)16-13(17)11-7-6-9(15)8-12(11)14/h6-8,10H,3-5,15H2,1-2H3,(H,16,17). The average Bonchev–Trinajstić information content (AvgIpc) is 2.28. The van der Waals surface area contributed by atoms with Gasteiger partial charge in [0.2, 0.25) is 0 Å². The van der Waals surface area contributed by atoms with Crippen LogP contribution < -0.4 is 11.1 Å². The summed E-state index contributed by atoms with van der Waals surface area (Å²) >= 11 is 0. The Morgan fingerprint density at radius 1 is 1.47 bits per heavy atom. The molecule has 3 N–H and O–H groups in total. The highest BCUT2D eigenvalue weighted by atomic mass is 19.1. The summed E-state index contributed by atoms with van der Waals surface area (Å²) in [6, 6.07) is 4.21. The number of hydrogen-bond acceptors (Lipinski definition) is 2. The molecule has 1 unspecified atom stereocenters. The molecule has 0 aromatic heterocycles. The van der Waals surface area contributed by atoms with Crippen molar-refractivity contribution in [1.29, 1.82) is 0 Å². The van der Waals surface area contributed by atoms with Crippen LogP contribution in [0.5, 0.6) is 0 Å². The predicted molar refractivity (Wildman–Crippen MR) is 67.3 cm³/mol. The zero-order valence-corrected chi connectivity index (χ0v) is 10.3. The van der Waals surface area contributed by atoms with Crippen molar-refractivity contribution in [2.45, 2.75) is 39.2 Å². The van der Waals surface area contributed by atoms with Crippen molar-refractivity contribution in [3.05, 3.63) is 29.6 Å². The molecule has 94 valence electrons. The minimum absolute atomic E-state index is 0.0498. The number of amides is 1. The number of anilines is 1. The SMILES string of the molecule is CCCC(CC)NC(=O)c1ccc(N)cc1F. The summed E-state index contributed by atoms with van der Waals surface area (Å²) < 4.78 is 13.5. The summed E-state index contributed by atoms with van der Waals surface area (Å²) in [7, 11) is 0. The van der Waals surface area contributed by atoms with Gasteiger partial charge in [-0.2, -0.15) is 0 Å². The highest BCUT2D eigenvalue weighted by Crippen LogP contribution is 2.12. The van der Waals surface area contributed by atoms with E-state index in [2.05, 4.69) is 12.2 Å². The lowest BCUT2D eigenvalue weighted by molar-refractivity contribution is 0.0929. The second-order valence-electron chi connectivity index (χ2n) is 4.11. The lowest BCUT2D eigenvalue weighted by atomic mass is 10.1. The van der Waals surface area contributed by atoms with E-state index < -0.39 is 5.82 Å². The molecule has 0 fully saturated rings. The van der Waals surface area contributed by atoms with E-state index in [-0.39, 0.29) is 17.5 Å². The molecule has 4 heteroatoms. The van der Waals surface area contributed by atoms with Gasteiger partial charge in [0.25, 0.3) is 5.91 Å². The topological polar surface area (TPSA) is 55.1 Å². The summed E-state index contributed by atoms with van der Waals surface area (Å²) in [6.45, 7) is 4.05. The maximum absolute atomic E-state index is 13.5. The molecule has 0 aliphatic heterocycles. The second-order valence-corrected chi connectivity index (χ2v) is 4.11. The van der Waals surface area contributed by atoms with Crippen LogP contribution in [-0.4, -0.2) is 11.9 Å². The van der Waals surface area contributed by atoms with E-state index in [0.29, 0.717) is 5.69 Å². The molecule has 1 aromatic rings. The summed E-state index contributed by atoms with van der Waals surface area (Å²) in [5.41, 5.74) is 5.80. The van der Waals surface area contributed by atoms with Gasteiger partial charge in [0.1, 0.15) is 5.82 Å². The number of carbonyl (C=O) groups is 1. The van der Waals surface area contributed by atoms with Crippen LogP contribution in [0.1, 0.15) is 43.5 Å². The largest absolute Gasteiger partial charge is 0.399 e. The molecule has 1 rings (SSSR count). The van der Waals surface area contributed by atoms with Crippen LogP contribution >= 0.6 is 0 Å². The van der Waals surface area contributed by atoms with Crippen molar-refractivity contribution >= 4 is 11.6 Å². The Hall–Kier alpha value is -1.58. The first-order valence-corrected chi connectivity index (χ1v) is 5.94. The van der Waals surface area contributed by atoms with Crippen molar-refractivity contribution in [3.63, 3.8) is 0 Å². The zero-order chi connectivity index (χ0) is 12.8. The number of carbonyl (C=O) groups excluding carboxylic acids is 1. The normalized spacial score (nSPS) is 12.2. The molecular formula is C13H19FN2O. The molecule has 17 heavy (non-hydrogen) atoms. The van der Waals surface area contributed by atoms with E-state index in [1.807, 2.05) is 6.92 Å². The molecule has 0 spiro atoms. The maximum atomic E-state index is 13.5. The van der Waals surface area contributed by atoms with Crippen LogP contribution in [-0.2, 0) is 0 Å². The number of benzene rings is 1. The Morgan fingerprint density at radius 3 is 2.71 bits per heavy atom. The van der Waals surface area contributed by atoms with Gasteiger partial charge >= 0.3 is 0 Å². The van der Waals surface area contributed by atoms with Crippen molar-refractivity contribution in [1.82, 2.24) is 5.32 Å². The number of nitrogens with two attached hydrogens (primary N) is 1. The van der Waals surface area contributed by atoms with Gasteiger partial charge in [-0.15, -0.1) is 0 Å². The quantitative estimate of drug-likeness (QED) is 0.775. The van der Waals surface area contributed by atoms with Gasteiger partial charge in [-0.25, -0.2) is 4.39 Å². The lowest BCUT2D eigenvalue weighted by Gasteiger charge is -2.16. The number of halogens is 1. The number of nitrogens with one attached hydrogen (secondary N) is 1. The first kappa shape index (κ1) is 13.5. The number of nitrogen functional groups attached to an aromatic ring is 1. The Kier molecular flexibility index (Phi) is 4.94. The molecule has 0 bridgehead atoms. The average molecular weight is 238 g/mol. The molecule has 0 saturated heterocycles. The second kappa shape index (κ2) is 6.23. The van der Waals surface area contributed by atoms with Gasteiger partial charge in [0, 0.05) is 11.7 Å². The Balaban J connectivity index is 2.75. The fraction of sp³-hybridized carbons (Fsp3) is 0.462.